The van der Waals surface area contributed by atoms with Crippen LogP contribution in [0.15, 0.2) is 157 Å². The van der Waals surface area contributed by atoms with Gasteiger partial charge in [-0.25, -0.2) is 29.4 Å². The second-order valence-electron chi connectivity index (χ2n) is 17.0. The molecular weight excluding hydrogens is 901 g/mol. The van der Waals surface area contributed by atoms with Gasteiger partial charge in [-0.2, -0.15) is 0 Å². The van der Waals surface area contributed by atoms with Crippen molar-refractivity contribution in [3.8, 4) is 5.75 Å². The number of nitrogens with zero attached hydrogens (tertiary/aromatic N) is 3. The van der Waals surface area contributed by atoms with Crippen LogP contribution in [0.2, 0.25) is 0 Å². The number of phenols is 1. The number of hydrogen-bond acceptors (Lipinski definition) is 17. The van der Waals surface area contributed by atoms with E-state index in [4.69, 9.17) is 47.9 Å². The topological polar surface area (TPSA) is 290 Å². The summed E-state index contributed by atoms with van der Waals surface area (Å²) in [5, 5.41) is 17.2. The van der Waals surface area contributed by atoms with Gasteiger partial charge in [0, 0.05) is 52.5 Å². The molecule has 17 nitrogen and oxygen atoms in total. The van der Waals surface area contributed by atoms with Gasteiger partial charge in [-0.3, -0.25) is 0 Å². The fraction of sp³-hybridized carbons (Fsp3) is 0.333. The molecule has 6 rings (SSSR count). The van der Waals surface area contributed by atoms with E-state index in [0.717, 1.165) is 11.1 Å². The van der Waals surface area contributed by atoms with Gasteiger partial charge in [0.1, 0.15) is 23.3 Å². The lowest BCUT2D eigenvalue weighted by molar-refractivity contribution is -0.140. The van der Waals surface area contributed by atoms with E-state index in [2.05, 4.69) is 20.6 Å². The SMILES string of the molecule is CCCC1=C(C(=O)OCN/C=C2\C(N)=NC(CCC)=C(C(=O)OCC)C2c2ccccc2O)C(c2ccccc2N)/C(=C/NCOC(=O)C2=C(CCC)N=C(N)/C(=C\N)C2c2ccccc2CC)C(N)=N1. The molecule has 3 aliphatic heterocycles. The summed E-state index contributed by atoms with van der Waals surface area (Å²) in [6.45, 7) is 9.12. The zero-order valence-corrected chi connectivity index (χ0v) is 41.1. The first-order chi connectivity index (χ1) is 34.3. The van der Waals surface area contributed by atoms with Crippen LogP contribution in [0.25, 0.3) is 0 Å². The molecule has 3 unspecified atom stereocenters. The number of benzene rings is 3. The first-order valence-electron chi connectivity index (χ1n) is 24.1. The first-order valence-corrected chi connectivity index (χ1v) is 24.1. The number of aromatic hydroxyl groups is 1. The fourth-order valence-electron chi connectivity index (χ4n) is 9.20. The van der Waals surface area contributed by atoms with Crippen LogP contribution in [0, 0.1) is 0 Å². The summed E-state index contributed by atoms with van der Waals surface area (Å²) < 4.78 is 17.4. The number of allylic oxidation sites excluding steroid dienone is 3. The number of anilines is 1. The van der Waals surface area contributed by atoms with Gasteiger partial charge in [0.2, 0.25) is 0 Å². The van der Waals surface area contributed by atoms with E-state index < -0.39 is 35.7 Å². The Morgan fingerprint density at radius 1 is 0.563 bits per heavy atom. The molecule has 0 bridgehead atoms. The summed E-state index contributed by atoms with van der Waals surface area (Å²) in [5.41, 5.74) is 39.3. The number of para-hydroxylation sites is 2. The smallest absolute Gasteiger partial charge is 0.338 e. The maximum absolute atomic E-state index is 14.6. The van der Waals surface area contributed by atoms with Crippen molar-refractivity contribution in [1.29, 1.82) is 0 Å². The van der Waals surface area contributed by atoms with Crippen LogP contribution in [0.3, 0.4) is 0 Å². The quantitative estimate of drug-likeness (QED) is 0.0190. The molecule has 3 heterocycles. The van der Waals surface area contributed by atoms with E-state index in [1.54, 1.807) is 55.6 Å². The van der Waals surface area contributed by atoms with Gasteiger partial charge in [-0.15, -0.1) is 0 Å². The lowest BCUT2D eigenvalue weighted by atomic mass is 9.78. The molecule has 0 saturated heterocycles. The average Bonchev–Trinajstić information content (AvgIpc) is 3.35. The number of esters is 3. The zero-order chi connectivity index (χ0) is 51.2. The third-order valence-electron chi connectivity index (χ3n) is 12.4. The largest absolute Gasteiger partial charge is 0.508 e. The summed E-state index contributed by atoms with van der Waals surface area (Å²) in [5.74, 6) is -3.83. The molecule has 0 amide bonds. The van der Waals surface area contributed by atoms with Crippen LogP contribution in [-0.2, 0) is 35.0 Å². The number of aliphatic imine (C=N–C) groups is 3. The summed E-state index contributed by atoms with van der Waals surface area (Å²) in [4.78, 5) is 56.4. The van der Waals surface area contributed by atoms with E-state index in [1.807, 2.05) is 52.0 Å². The average molecular weight is 967 g/mol. The standard InChI is InChI=1S/C54H66N10O7/c1-6-17-39-46(43(35(26-55)49(57)62-39)32-21-12-11-20-31(32)9-4)53(67)70-29-60-27-36-44(33-22-13-15-24-38(33)56)47(40(18-7-2)63-50(36)58)54(68)71-30-61-28-37-45(34-23-14-16-25-42(34)65)48(52(66)69-10-5)41(19-8-3)64-51(37)59/h11-16,20-28,43-45,60-61,65H,6-10,17-19,29-30,55-56H2,1-5H3,(H2,57,62)(H2,58,63)(H2,59,64)/b35-26-,36-27-,37-28-. The molecule has 3 aliphatic rings. The highest BCUT2D eigenvalue weighted by Gasteiger charge is 2.39. The van der Waals surface area contributed by atoms with E-state index in [9.17, 15) is 19.5 Å². The molecule has 13 N–H and O–H groups in total. The highest BCUT2D eigenvalue weighted by atomic mass is 16.5. The van der Waals surface area contributed by atoms with Crippen molar-refractivity contribution in [1.82, 2.24) is 10.6 Å². The Labute approximate surface area is 415 Å². The maximum atomic E-state index is 14.6. The fourth-order valence-corrected chi connectivity index (χ4v) is 9.20. The third-order valence-corrected chi connectivity index (χ3v) is 12.4. The molecule has 0 radical (unpaired) electrons. The van der Waals surface area contributed by atoms with Crippen LogP contribution in [0.4, 0.5) is 5.69 Å². The van der Waals surface area contributed by atoms with Crippen molar-refractivity contribution in [3.63, 3.8) is 0 Å². The number of amidine groups is 3. The van der Waals surface area contributed by atoms with E-state index in [0.29, 0.717) is 101 Å². The predicted octanol–water partition coefficient (Wildman–Crippen LogP) is 6.82. The Morgan fingerprint density at radius 3 is 1.42 bits per heavy atom. The van der Waals surface area contributed by atoms with Gasteiger partial charge in [0.15, 0.2) is 13.5 Å². The predicted molar refractivity (Wildman–Crippen MR) is 277 cm³/mol. The molecule has 17 heteroatoms. The van der Waals surface area contributed by atoms with Crippen molar-refractivity contribution < 1.29 is 33.7 Å². The van der Waals surface area contributed by atoms with Gasteiger partial charge in [0.25, 0.3) is 0 Å². The Hall–Kier alpha value is -8.08. The Balaban J connectivity index is 1.30. The molecule has 3 aromatic rings. The molecular formula is C54H66N10O7. The van der Waals surface area contributed by atoms with Crippen LogP contribution in [0.5, 0.6) is 5.75 Å². The molecule has 3 aromatic carbocycles. The van der Waals surface area contributed by atoms with Crippen molar-refractivity contribution in [2.24, 2.45) is 37.9 Å². The molecule has 0 spiro atoms. The van der Waals surface area contributed by atoms with Crippen LogP contribution < -0.4 is 39.3 Å². The van der Waals surface area contributed by atoms with Gasteiger partial charge in [-0.1, -0.05) is 108 Å². The maximum Gasteiger partial charge on any atom is 0.338 e. The minimum absolute atomic E-state index is 0.0544. The normalized spacial score (nSPS) is 19.9. The van der Waals surface area contributed by atoms with Crippen molar-refractivity contribution in [2.45, 2.75) is 97.3 Å². The lowest BCUT2D eigenvalue weighted by Crippen LogP contribution is -2.33. The summed E-state index contributed by atoms with van der Waals surface area (Å²) in [7, 11) is 0. The monoisotopic (exact) mass is 967 g/mol. The first kappa shape index (κ1) is 52.3. The van der Waals surface area contributed by atoms with Crippen LogP contribution in [0.1, 0.15) is 113 Å². The molecule has 3 atom stereocenters. The Morgan fingerprint density at radius 2 is 0.972 bits per heavy atom. The van der Waals surface area contributed by atoms with Crippen molar-refractivity contribution in [2.75, 3.05) is 25.8 Å². The minimum Gasteiger partial charge on any atom is -0.508 e. The van der Waals surface area contributed by atoms with Crippen molar-refractivity contribution >= 4 is 41.1 Å². The Bertz CT molecular complexity index is 2800. The van der Waals surface area contributed by atoms with Gasteiger partial charge >= 0.3 is 17.9 Å². The van der Waals surface area contributed by atoms with E-state index in [1.165, 1.54) is 18.5 Å². The molecule has 0 aliphatic carbocycles. The highest BCUT2D eigenvalue weighted by Crippen LogP contribution is 2.44. The number of carbonyl (C=O) groups is 3. The number of phenolic OH excluding ortho intramolecular Hbond substituents is 1. The Kier molecular flexibility index (Phi) is 18.0. The van der Waals surface area contributed by atoms with Gasteiger partial charge in [-0.05, 0) is 61.4 Å². The molecule has 0 saturated carbocycles. The van der Waals surface area contributed by atoms with E-state index >= 15 is 0 Å². The molecule has 71 heavy (non-hydrogen) atoms. The molecule has 0 aromatic heterocycles. The number of rotatable bonds is 20. The van der Waals surface area contributed by atoms with Crippen LogP contribution in [-0.4, -0.2) is 60.6 Å². The lowest BCUT2D eigenvalue weighted by Gasteiger charge is -2.30. The number of nitrogen functional groups attached to an aromatic ring is 1. The number of ether oxygens (including phenoxy) is 3. The third kappa shape index (κ3) is 11.5. The van der Waals surface area contributed by atoms with Crippen molar-refractivity contribution in [3.05, 3.63) is 164 Å². The van der Waals surface area contributed by atoms with E-state index in [-0.39, 0.29) is 54.5 Å². The van der Waals surface area contributed by atoms with Gasteiger partial charge in [0.05, 0.1) is 52.3 Å². The second kappa shape index (κ2) is 24.5. The molecule has 374 valence electrons. The highest BCUT2D eigenvalue weighted by molar-refractivity contribution is 6.08. The molecule has 0 fully saturated rings. The number of aryl methyl sites for hydroxylation is 1. The zero-order valence-electron chi connectivity index (χ0n) is 41.1. The number of hydrogen-bond donors (Lipinski definition) is 8. The minimum atomic E-state index is -0.869. The van der Waals surface area contributed by atoms with Crippen LogP contribution >= 0.6 is 0 Å². The summed E-state index contributed by atoms with van der Waals surface area (Å²) in [6.07, 6.45) is 8.46. The summed E-state index contributed by atoms with van der Waals surface area (Å²) >= 11 is 0. The number of nitrogens with two attached hydrogens (primary N) is 5. The summed E-state index contributed by atoms with van der Waals surface area (Å²) in [6, 6.07) is 21.6. The number of nitrogens with one attached hydrogen (secondary N) is 2. The van der Waals surface area contributed by atoms with Gasteiger partial charge < -0.3 is 58.6 Å². The number of carbonyl (C=O) groups excluding carboxylic acids is 3. The second-order valence-corrected chi connectivity index (χ2v) is 17.0.